The molecule has 6 N–H and O–H groups in total. The maximum absolute atomic E-state index is 11.0. The van der Waals surface area contributed by atoms with Crippen molar-refractivity contribution >= 4 is 11.8 Å². The van der Waals surface area contributed by atoms with E-state index < -0.39 is 5.91 Å². The Labute approximate surface area is 84.0 Å². The normalized spacial score (nSPS) is 14.7. The molecule has 0 aliphatic heterocycles. The van der Waals surface area contributed by atoms with E-state index in [1.54, 1.807) is 0 Å². The summed E-state index contributed by atoms with van der Waals surface area (Å²) in [4.78, 5) is 21.5. The molecular weight excluding hydrogens is 182 g/mol. The molecule has 0 bridgehead atoms. The molecule has 0 saturated carbocycles. The van der Waals surface area contributed by atoms with Crippen LogP contribution in [0.5, 0.6) is 0 Å². The number of carbonyl (C=O) groups excluding carboxylic acids is 2. The predicted octanol–water partition coefficient (Wildman–Crippen LogP) is -0.519. The molecule has 0 aliphatic rings. The van der Waals surface area contributed by atoms with Crippen molar-refractivity contribution in [3.8, 4) is 0 Å². The third-order valence-electron chi connectivity index (χ3n) is 2.11. The Morgan fingerprint density at radius 3 is 2.07 bits per heavy atom. The second-order valence-electron chi connectivity index (χ2n) is 3.66. The molecule has 82 valence electrons. The number of hydrogen-bond donors (Lipinski definition) is 3. The van der Waals surface area contributed by atoms with Gasteiger partial charge in [-0.1, -0.05) is 0 Å². The number of carbonyl (C=O) groups is 2. The molecule has 0 aliphatic carbocycles. The summed E-state index contributed by atoms with van der Waals surface area (Å²) < 4.78 is 0. The fourth-order valence-electron chi connectivity index (χ4n) is 1.21. The third-order valence-corrected chi connectivity index (χ3v) is 2.11. The van der Waals surface area contributed by atoms with Gasteiger partial charge < -0.3 is 17.2 Å². The number of nitrogens with two attached hydrogens (primary N) is 3. The van der Waals surface area contributed by atoms with Gasteiger partial charge in [0, 0.05) is 18.4 Å². The van der Waals surface area contributed by atoms with E-state index >= 15 is 0 Å². The standard InChI is InChI=1S/C9H19N3O2/c1-6(10)2-3-7(9(12)14)4-5-8(11)13/h6-7H,2-5,10H2,1H3,(H2,11,13)(H2,12,14). The summed E-state index contributed by atoms with van der Waals surface area (Å²) in [7, 11) is 0. The predicted molar refractivity (Wildman–Crippen MR) is 54.0 cm³/mol. The minimum Gasteiger partial charge on any atom is -0.370 e. The highest BCUT2D eigenvalue weighted by Crippen LogP contribution is 2.13. The summed E-state index contributed by atoms with van der Waals surface area (Å²) in [6.45, 7) is 1.87. The van der Waals surface area contributed by atoms with Crippen molar-refractivity contribution in [2.45, 2.75) is 38.6 Å². The van der Waals surface area contributed by atoms with Crippen LogP contribution in [0.3, 0.4) is 0 Å². The Balaban J connectivity index is 3.90. The molecule has 0 aromatic heterocycles. The van der Waals surface area contributed by atoms with E-state index in [1.807, 2.05) is 6.92 Å². The van der Waals surface area contributed by atoms with Crippen molar-refractivity contribution in [3.63, 3.8) is 0 Å². The smallest absolute Gasteiger partial charge is 0.220 e. The van der Waals surface area contributed by atoms with E-state index in [1.165, 1.54) is 0 Å². The average molecular weight is 201 g/mol. The topological polar surface area (TPSA) is 112 Å². The van der Waals surface area contributed by atoms with Gasteiger partial charge in [0.15, 0.2) is 0 Å². The van der Waals surface area contributed by atoms with E-state index in [-0.39, 0.29) is 24.3 Å². The molecule has 2 atom stereocenters. The molecule has 0 aromatic rings. The van der Waals surface area contributed by atoms with Crippen LogP contribution in [0.2, 0.25) is 0 Å². The van der Waals surface area contributed by atoms with E-state index in [4.69, 9.17) is 17.2 Å². The lowest BCUT2D eigenvalue weighted by Gasteiger charge is -2.13. The molecule has 5 heteroatoms. The van der Waals surface area contributed by atoms with Crippen LogP contribution < -0.4 is 17.2 Å². The van der Waals surface area contributed by atoms with Gasteiger partial charge in [0.1, 0.15) is 0 Å². The molecule has 0 spiro atoms. The van der Waals surface area contributed by atoms with Crippen molar-refractivity contribution in [3.05, 3.63) is 0 Å². The van der Waals surface area contributed by atoms with Gasteiger partial charge in [-0.15, -0.1) is 0 Å². The maximum Gasteiger partial charge on any atom is 0.220 e. The Kier molecular flexibility index (Phi) is 5.87. The quantitative estimate of drug-likeness (QED) is 0.515. The second-order valence-corrected chi connectivity index (χ2v) is 3.66. The number of rotatable bonds is 7. The summed E-state index contributed by atoms with van der Waals surface area (Å²) >= 11 is 0. The molecular formula is C9H19N3O2. The first-order valence-corrected chi connectivity index (χ1v) is 4.76. The van der Waals surface area contributed by atoms with E-state index in [9.17, 15) is 9.59 Å². The van der Waals surface area contributed by atoms with Crippen LogP contribution >= 0.6 is 0 Å². The lowest BCUT2D eigenvalue weighted by atomic mass is 9.95. The highest BCUT2D eigenvalue weighted by Gasteiger charge is 2.16. The summed E-state index contributed by atoms with van der Waals surface area (Å²) in [5.41, 5.74) is 15.7. The zero-order valence-corrected chi connectivity index (χ0v) is 8.53. The van der Waals surface area contributed by atoms with Crippen molar-refractivity contribution in [1.82, 2.24) is 0 Å². The molecule has 0 radical (unpaired) electrons. The molecule has 0 saturated heterocycles. The van der Waals surface area contributed by atoms with Crippen LogP contribution in [0.4, 0.5) is 0 Å². The minimum atomic E-state index is -0.406. The Bertz CT molecular complexity index is 204. The molecule has 2 unspecified atom stereocenters. The first-order chi connectivity index (χ1) is 6.43. The molecule has 0 fully saturated rings. The summed E-state index contributed by atoms with van der Waals surface area (Å²) in [5.74, 6) is -1.07. The van der Waals surface area contributed by atoms with Gasteiger partial charge in [0.2, 0.25) is 11.8 Å². The van der Waals surface area contributed by atoms with Gasteiger partial charge in [-0.2, -0.15) is 0 Å². The van der Waals surface area contributed by atoms with Gasteiger partial charge in [0.25, 0.3) is 0 Å². The Morgan fingerprint density at radius 1 is 1.14 bits per heavy atom. The SMILES string of the molecule is CC(N)CCC(CCC(N)=O)C(N)=O. The summed E-state index contributed by atoms with van der Waals surface area (Å²) in [5, 5.41) is 0. The van der Waals surface area contributed by atoms with Crippen molar-refractivity contribution < 1.29 is 9.59 Å². The van der Waals surface area contributed by atoms with Crippen LogP contribution in [-0.2, 0) is 9.59 Å². The van der Waals surface area contributed by atoms with Gasteiger partial charge >= 0.3 is 0 Å². The molecule has 0 heterocycles. The van der Waals surface area contributed by atoms with Crippen LogP contribution in [0.15, 0.2) is 0 Å². The minimum absolute atomic E-state index is 0.0467. The average Bonchev–Trinajstić information content (AvgIpc) is 2.02. The lowest BCUT2D eigenvalue weighted by molar-refractivity contribution is -0.123. The summed E-state index contributed by atoms with van der Waals surface area (Å²) in [6, 6.07) is 0.0467. The van der Waals surface area contributed by atoms with Crippen molar-refractivity contribution in [1.29, 1.82) is 0 Å². The van der Waals surface area contributed by atoms with Crippen LogP contribution in [0.1, 0.15) is 32.6 Å². The fraction of sp³-hybridized carbons (Fsp3) is 0.778. The van der Waals surface area contributed by atoms with Crippen LogP contribution in [-0.4, -0.2) is 17.9 Å². The molecule has 5 nitrogen and oxygen atoms in total. The monoisotopic (exact) mass is 201 g/mol. The number of hydrogen-bond acceptors (Lipinski definition) is 3. The summed E-state index contributed by atoms with van der Waals surface area (Å²) in [6.07, 6.45) is 1.98. The Hall–Kier alpha value is -1.10. The number of amides is 2. The van der Waals surface area contributed by atoms with Gasteiger partial charge in [-0.3, -0.25) is 9.59 Å². The lowest BCUT2D eigenvalue weighted by Crippen LogP contribution is -2.27. The third kappa shape index (κ3) is 6.42. The molecule has 2 amide bonds. The zero-order chi connectivity index (χ0) is 11.1. The van der Waals surface area contributed by atoms with Crippen molar-refractivity contribution in [2.24, 2.45) is 23.1 Å². The largest absolute Gasteiger partial charge is 0.370 e. The molecule has 14 heavy (non-hydrogen) atoms. The molecule has 0 aromatic carbocycles. The number of primary amides is 2. The first kappa shape index (κ1) is 12.9. The zero-order valence-electron chi connectivity index (χ0n) is 8.53. The van der Waals surface area contributed by atoms with Gasteiger partial charge in [-0.25, -0.2) is 0 Å². The highest BCUT2D eigenvalue weighted by molar-refractivity contribution is 5.78. The van der Waals surface area contributed by atoms with E-state index in [0.717, 1.165) is 6.42 Å². The van der Waals surface area contributed by atoms with Gasteiger partial charge in [-0.05, 0) is 26.2 Å². The fourth-order valence-corrected chi connectivity index (χ4v) is 1.21. The second kappa shape index (κ2) is 6.37. The van der Waals surface area contributed by atoms with E-state index in [2.05, 4.69) is 0 Å². The van der Waals surface area contributed by atoms with E-state index in [0.29, 0.717) is 12.8 Å². The van der Waals surface area contributed by atoms with Crippen LogP contribution in [0.25, 0.3) is 0 Å². The highest BCUT2D eigenvalue weighted by atomic mass is 16.1. The van der Waals surface area contributed by atoms with Gasteiger partial charge in [0.05, 0.1) is 0 Å². The maximum atomic E-state index is 11.0. The van der Waals surface area contributed by atoms with Crippen LogP contribution in [0, 0.1) is 5.92 Å². The first-order valence-electron chi connectivity index (χ1n) is 4.76. The van der Waals surface area contributed by atoms with Crippen molar-refractivity contribution in [2.75, 3.05) is 0 Å². The molecule has 0 rings (SSSR count). The Morgan fingerprint density at radius 2 is 1.71 bits per heavy atom.